The molecule has 0 bridgehead atoms. The van der Waals surface area contributed by atoms with E-state index in [-0.39, 0.29) is 11.8 Å². The fourth-order valence-corrected chi connectivity index (χ4v) is 3.83. The standard InChI is InChI=1S/C25H32N2O3/c1-17(2)23-12-11-22(15-18(23)3)30-19(4)24(28)26-16-20-7-9-21(10-8-20)25(29)27-13-5-6-14-27/h7-12,15,17,19H,5-6,13-14,16H2,1-4H3,(H,26,28). The lowest BCUT2D eigenvalue weighted by Crippen LogP contribution is -2.35. The first-order valence-electron chi connectivity index (χ1n) is 10.8. The minimum atomic E-state index is -0.592. The lowest BCUT2D eigenvalue weighted by atomic mass is 9.98. The molecule has 5 heteroatoms. The first-order valence-corrected chi connectivity index (χ1v) is 10.8. The molecule has 1 fully saturated rings. The molecule has 0 spiro atoms. The summed E-state index contributed by atoms with van der Waals surface area (Å²) in [4.78, 5) is 26.7. The summed E-state index contributed by atoms with van der Waals surface area (Å²) in [5, 5.41) is 2.91. The Morgan fingerprint density at radius 3 is 2.30 bits per heavy atom. The van der Waals surface area contributed by atoms with Crippen molar-refractivity contribution in [3.05, 3.63) is 64.7 Å². The zero-order valence-corrected chi connectivity index (χ0v) is 18.4. The van der Waals surface area contributed by atoms with Crippen LogP contribution in [0.15, 0.2) is 42.5 Å². The van der Waals surface area contributed by atoms with Crippen molar-refractivity contribution in [2.45, 2.75) is 59.1 Å². The van der Waals surface area contributed by atoms with Gasteiger partial charge in [-0.25, -0.2) is 0 Å². The lowest BCUT2D eigenvalue weighted by molar-refractivity contribution is -0.127. The van der Waals surface area contributed by atoms with Gasteiger partial charge in [-0.15, -0.1) is 0 Å². The van der Waals surface area contributed by atoms with Gasteiger partial charge < -0.3 is 15.0 Å². The van der Waals surface area contributed by atoms with Crippen molar-refractivity contribution in [1.82, 2.24) is 10.2 Å². The summed E-state index contributed by atoms with van der Waals surface area (Å²) in [5.41, 5.74) is 4.10. The molecule has 1 unspecified atom stereocenters. The molecule has 2 aromatic carbocycles. The fourth-order valence-electron chi connectivity index (χ4n) is 3.83. The van der Waals surface area contributed by atoms with E-state index in [1.54, 1.807) is 6.92 Å². The van der Waals surface area contributed by atoms with Crippen LogP contribution < -0.4 is 10.1 Å². The van der Waals surface area contributed by atoms with Gasteiger partial charge in [-0.3, -0.25) is 9.59 Å². The van der Waals surface area contributed by atoms with E-state index in [1.165, 1.54) is 11.1 Å². The van der Waals surface area contributed by atoms with Crippen LogP contribution in [0.4, 0.5) is 0 Å². The van der Waals surface area contributed by atoms with Gasteiger partial charge in [-0.05, 0) is 73.6 Å². The Kier molecular flexibility index (Phi) is 7.14. The Bertz CT molecular complexity index is 884. The average molecular weight is 409 g/mol. The number of rotatable bonds is 7. The second-order valence-electron chi connectivity index (χ2n) is 8.35. The molecular weight excluding hydrogens is 376 g/mol. The Hall–Kier alpha value is -2.82. The third kappa shape index (κ3) is 5.41. The molecule has 1 aliphatic heterocycles. The van der Waals surface area contributed by atoms with Crippen molar-refractivity contribution in [2.24, 2.45) is 0 Å². The zero-order chi connectivity index (χ0) is 21.7. The number of carbonyl (C=O) groups is 2. The molecule has 5 nitrogen and oxygen atoms in total. The van der Waals surface area contributed by atoms with Gasteiger partial charge in [0.1, 0.15) is 5.75 Å². The number of nitrogens with zero attached hydrogens (tertiary/aromatic N) is 1. The summed E-state index contributed by atoms with van der Waals surface area (Å²) in [6.45, 7) is 10.2. The van der Waals surface area contributed by atoms with Crippen LogP contribution in [0.1, 0.15) is 66.6 Å². The van der Waals surface area contributed by atoms with Crippen LogP contribution in [-0.2, 0) is 11.3 Å². The maximum Gasteiger partial charge on any atom is 0.261 e. The van der Waals surface area contributed by atoms with Crippen molar-refractivity contribution in [3.63, 3.8) is 0 Å². The van der Waals surface area contributed by atoms with Gasteiger partial charge in [0.25, 0.3) is 11.8 Å². The number of hydrogen-bond acceptors (Lipinski definition) is 3. The van der Waals surface area contributed by atoms with Gasteiger partial charge in [0, 0.05) is 25.2 Å². The second kappa shape index (κ2) is 9.79. The van der Waals surface area contributed by atoms with Gasteiger partial charge in [-0.2, -0.15) is 0 Å². The number of amides is 2. The molecule has 1 N–H and O–H groups in total. The van der Waals surface area contributed by atoms with E-state index >= 15 is 0 Å². The summed E-state index contributed by atoms with van der Waals surface area (Å²) in [6.07, 6.45) is 1.57. The van der Waals surface area contributed by atoms with Crippen LogP contribution in [0.25, 0.3) is 0 Å². The van der Waals surface area contributed by atoms with Gasteiger partial charge in [0.2, 0.25) is 0 Å². The Labute approximate surface area is 179 Å². The van der Waals surface area contributed by atoms with Crippen molar-refractivity contribution < 1.29 is 14.3 Å². The SMILES string of the molecule is Cc1cc(OC(C)C(=O)NCc2ccc(C(=O)N3CCCC3)cc2)ccc1C(C)C. The smallest absolute Gasteiger partial charge is 0.261 e. The Morgan fingerprint density at radius 2 is 1.70 bits per heavy atom. The zero-order valence-electron chi connectivity index (χ0n) is 18.4. The first kappa shape index (κ1) is 21.9. The van der Waals surface area contributed by atoms with E-state index in [4.69, 9.17) is 4.74 Å². The molecule has 1 heterocycles. The maximum atomic E-state index is 12.4. The summed E-state index contributed by atoms with van der Waals surface area (Å²) in [7, 11) is 0. The molecule has 0 aliphatic carbocycles. The number of aryl methyl sites for hydroxylation is 1. The molecule has 30 heavy (non-hydrogen) atoms. The van der Waals surface area contributed by atoms with Crippen LogP contribution in [-0.4, -0.2) is 35.9 Å². The molecule has 1 atom stereocenters. The Morgan fingerprint density at radius 1 is 1.03 bits per heavy atom. The van der Waals surface area contributed by atoms with E-state index in [0.717, 1.165) is 31.5 Å². The van der Waals surface area contributed by atoms with Gasteiger partial charge in [-0.1, -0.05) is 32.0 Å². The normalized spacial score (nSPS) is 14.6. The van der Waals surface area contributed by atoms with Gasteiger partial charge in [0.05, 0.1) is 0 Å². The molecule has 1 aliphatic rings. The molecule has 1 saturated heterocycles. The molecule has 0 aromatic heterocycles. The van der Waals surface area contributed by atoms with E-state index in [9.17, 15) is 9.59 Å². The largest absolute Gasteiger partial charge is 0.481 e. The molecule has 3 rings (SSSR count). The van der Waals surface area contributed by atoms with Crippen LogP contribution in [0.2, 0.25) is 0 Å². The number of nitrogens with one attached hydrogen (secondary N) is 1. The van der Waals surface area contributed by atoms with Crippen molar-refractivity contribution in [2.75, 3.05) is 13.1 Å². The van der Waals surface area contributed by atoms with E-state index < -0.39 is 6.10 Å². The molecule has 2 amide bonds. The summed E-state index contributed by atoms with van der Waals surface area (Å²) >= 11 is 0. The highest BCUT2D eigenvalue weighted by Gasteiger charge is 2.19. The third-order valence-corrected chi connectivity index (χ3v) is 5.61. The van der Waals surface area contributed by atoms with Crippen molar-refractivity contribution in [1.29, 1.82) is 0 Å². The van der Waals surface area contributed by atoms with Crippen LogP contribution in [0, 0.1) is 6.92 Å². The summed E-state index contributed by atoms with van der Waals surface area (Å²) in [6, 6.07) is 13.4. The number of hydrogen-bond donors (Lipinski definition) is 1. The second-order valence-corrected chi connectivity index (χ2v) is 8.35. The Balaban J connectivity index is 1.51. The maximum absolute atomic E-state index is 12.4. The molecular formula is C25H32N2O3. The van der Waals surface area contributed by atoms with E-state index in [2.05, 4.69) is 32.2 Å². The van der Waals surface area contributed by atoms with Gasteiger partial charge >= 0.3 is 0 Å². The highest BCUT2D eigenvalue weighted by molar-refractivity contribution is 5.94. The molecule has 160 valence electrons. The predicted octanol–water partition coefficient (Wildman–Crippen LogP) is 4.44. The molecule has 0 saturated carbocycles. The minimum absolute atomic E-state index is 0.0869. The topological polar surface area (TPSA) is 58.6 Å². The highest BCUT2D eigenvalue weighted by Crippen LogP contribution is 2.24. The van der Waals surface area contributed by atoms with Crippen molar-refractivity contribution in [3.8, 4) is 5.75 Å². The molecule has 2 aromatic rings. The van der Waals surface area contributed by atoms with E-state index in [0.29, 0.717) is 23.8 Å². The summed E-state index contributed by atoms with van der Waals surface area (Å²) < 4.78 is 5.83. The van der Waals surface area contributed by atoms with Crippen LogP contribution in [0.5, 0.6) is 5.75 Å². The monoisotopic (exact) mass is 408 g/mol. The minimum Gasteiger partial charge on any atom is -0.481 e. The van der Waals surface area contributed by atoms with E-state index in [1.807, 2.05) is 41.3 Å². The number of benzene rings is 2. The highest BCUT2D eigenvalue weighted by atomic mass is 16.5. The molecule has 0 radical (unpaired) electrons. The number of ether oxygens (including phenoxy) is 1. The average Bonchev–Trinajstić information content (AvgIpc) is 3.26. The number of carbonyl (C=O) groups excluding carboxylic acids is 2. The van der Waals surface area contributed by atoms with Gasteiger partial charge in [0.15, 0.2) is 6.10 Å². The quantitative estimate of drug-likeness (QED) is 0.737. The predicted molar refractivity (Wildman–Crippen MR) is 119 cm³/mol. The summed E-state index contributed by atoms with van der Waals surface area (Å²) in [5.74, 6) is 1.07. The van der Waals surface area contributed by atoms with Crippen molar-refractivity contribution >= 4 is 11.8 Å². The van der Waals surface area contributed by atoms with Crippen LogP contribution in [0.3, 0.4) is 0 Å². The van der Waals surface area contributed by atoms with Crippen LogP contribution >= 0.6 is 0 Å². The lowest BCUT2D eigenvalue weighted by Gasteiger charge is -2.17. The first-order chi connectivity index (χ1) is 14.3. The number of likely N-dealkylation sites (tertiary alicyclic amines) is 1. The fraction of sp³-hybridized carbons (Fsp3) is 0.440. The third-order valence-electron chi connectivity index (χ3n) is 5.61.